The monoisotopic (exact) mass is 342 g/mol. The van der Waals surface area contributed by atoms with Crippen LogP contribution in [0.15, 0.2) is 29.2 Å². The van der Waals surface area contributed by atoms with Gasteiger partial charge in [-0.25, -0.2) is 8.42 Å². The molecule has 22 heavy (non-hydrogen) atoms. The highest BCUT2D eigenvalue weighted by atomic mass is 32.2. The van der Waals surface area contributed by atoms with Crippen LogP contribution in [0.4, 0.5) is 0 Å². The molecule has 3 N–H and O–H groups in total. The summed E-state index contributed by atoms with van der Waals surface area (Å²) in [5.74, 6) is -0.462. The highest BCUT2D eigenvalue weighted by Gasteiger charge is 2.27. The van der Waals surface area contributed by atoms with Gasteiger partial charge in [-0.2, -0.15) is 4.31 Å². The maximum atomic E-state index is 12.5. The van der Waals surface area contributed by atoms with Crippen molar-refractivity contribution in [2.24, 2.45) is 0 Å². The third-order valence-electron chi connectivity index (χ3n) is 3.32. The predicted octanol–water partition coefficient (Wildman–Crippen LogP) is 0.210. The number of amides is 1. The summed E-state index contributed by atoms with van der Waals surface area (Å²) in [5.41, 5.74) is 5.14. The zero-order valence-electron chi connectivity index (χ0n) is 12.1. The second-order valence-electron chi connectivity index (χ2n) is 4.80. The van der Waals surface area contributed by atoms with E-state index in [1.54, 1.807) is 19.2 Å². The summed E-state index contributed by atoms with van der Waals surface area (Å²) >= 11 is 4.84. The third kappa shape index (κ3) is 3.73. The Balaban J connectivity index is 2.16. The Morgan fingerprint density at radius 3 is 2.55 bits per heavy atom. The van der Waals surface area contributed by atoms with Gasteiger partial charge in [-0.15, -0.1) is 0 Å². The van der Waals surface area contributed by atoms with Crippen molar-refractivity contribution in [1.82, 2.24) is 20.5 Å². The van der Waals surface area contributed by atoms with Gasteiger partial charge in [-0.05, 0) is 43.3 Å². The maximum absolute atomic E-state index is 12.5. The molecule has 0 unspecified atom stereocenters. The first-order chi connectivity index (χ1) is 10.4. The van der Waals surface area contributed by atoms with Crippen molar-refractivity contribution in [3.63, 3.8) is 0 Å². The van der Waals surface area contributed by atoms with Gasteiger partial charge in [0.2, 0.25) is 10.0 Å². The van der Waals surface area contributed by atoms with E-state index < -0.39 is 15.9 Å². The van der Waals surface area contributed by atoms with E-state index in [9.17, 15) is 13.2 Å². The maximum Gasteiger partial charge on any atom is 0.269 e. The molecule has 1 fully saturated rings. The molecule has 120 valence electrons. The molecule has 0 saturated carbocycles. The van der Waals surface area contributed by atoms with E-state index in [1.807, 2.05) is 0 Å². The van der Waals surface area contributed by atoms with Crippen molar-refractivity contribution in [2.75, 3.05) is 20.1 Å². The van der Waals surface area contributed by atoms with Crippen LogP contribution < -0.4 is 16.2 Å². The number of nitrogens with one attached hydrogen (secondary N) is 3. The summed E-state index contributed by atoms with van der Waals surface area (Å²) < 4.78 is 26.4. The van der Waals surface area contributed by atoms with Gasteiger partial charge in [0.1, 0.15) is 0 Å². The Kier molecular flexibility index (Phi) is 5.33. The lowest BCUT2D eigenvalue weighted by Gasteiger charge is -2.16. The van der Waals surface area contributed by atoms with Crippen LogP contribution in [0.1, 0.15) is 23.2 Å². The SMILES string of the molecule is CNC(=S)NNC(=O)c1cccc(S(=O)(=O)N2CCCC2)c1. The normalized spacial score (nSPS) is 15.3. The van der Waals surface area contributed by atoms with Gasteiger partial charge >= 0.3 is 0 Å². The Morgan fingerprint density at radius 2 is 1.91 bits per heavy atom. The fourth-order valence-electron chi connectivity index (χ4n) is 2.12. The molecule has 0 bridgehead atoms. The van der Waals surface area contributed by atoms with Gasteiger partial charge in [0, 0.05) is 25.7 Å². The van der Waals surface area contributed by atoms with Crippen molar-refractivity contribution in [2.45, 2.75) is 17.7 Å². The van der Waals surface area contributed by atoms with E-state index in [2.05, 4.69) is 16.2 Å². The highest BCUT2D eigenvalue weighted by Crippen LogP contribution is 2.21. The number of sulfonamides is 1. The van der Waals surface area contributed by atoms with Gasteiger partial charge < -0.3 is 5.32 Å². The number of carbonyl (C=O) groups excluding carboxylic acids is 1. The van der Waals surface area contributed by atoms with Crippen molar-refractivity contribution in [3.8, 4) is 0 Å². The van der Waals surface area contributed by atoms with Crippen molar-refractivity contribution >= 4 is 33.3 Å². The van der Waals surface area contributed by atoms with Crippen LogP contribution in [0.3, 0.4) is 0 Å². The zero-order chi connectivity index (χ0) is 16.2. The number of benzene rings is 1. The number of hydrazine groups is 1. The topological polar surface area (TPSA) is 90.5 Å². The molecule has 0 spiro atoms. The molecule has 1 heterocycles. The van der Waals surface area contributed by atoms with E-state index >= 15 is 0 Å². The molecule has 1 aliphatic rings. The quantitative estimate of drug-likeness (QED) is 0.537. The number of rotatable bonds is 3. The number of carbonyl (C=O) groups is 1. The molecule has 2 rings (SSSR count). The molecule has 1 amide bonds. The van der Waals surface area contributed by atoms with Crippen LogP contribution in [0.5, 0.6) is 0 Å². The van der Waals surface area contributed by atoms with Crippen LogP contribution in [0.2, 0.25) is 0 Å². The second-order valence-corrected chi connectivity index (χ2v) is 7.14. The summed E-state index contributed by atoms with van der Waals surface area (Å²) in [6.45, 7) is 1.05. The third-order valence-corrected chi connectivity index (χ3v) is 5.52. The minimum Gasteiger partial charge on any atom is -0.364 e. The summed E-state index contributed by atoms with van der Waals surface area (Å²) in [4.78, 5) is 12.1. The average Bonchev–Trinajstić information content (AvgIpc) is 3.07. The smallest absolute Gasteiger partial charge is 0.269 e. The molecule has 0 aliphatic carbocycles. The van der Waals surface area contributed by atoms with E-state index in [0.717, 1.165) is 12.8 Å². The minimum atomic E-state index is -3.54. The van der Waals surface area contributed by atoms with Gasteiger partial charge in [0.05, 0.1) is 4.90 Å². The number of hydrogen-bond acceptors (Lipinski definition) is 4. The molecular weight excluding hydrogens is 324 g/mol. The molecule has 1 aromatic rings. The summed E-state index contributed by atoms with van der Waals surface area (Å²) in [7, 11) is -1.92. The van der Waals surface area contributed by atoms with E-state index in [0.29, 0.717) is 13.1 Å². The standard InChI is InChI=1S/C13H18N4O3S2/c1-14-13(21)16-15-12(18)10-5-4-6-11(9-10)22(19,20)17-7-2-3-8-17/h4-6,9H,2-3,7-8H2,1H3,(H,15,18)(H2,14,16,21). The average molecular weight is 342 g/mol. The molecule has 7 nitrogen and oxygen atoms in total. The molecule has 0 radical (unpaired) electrons. The summed E-state index contributed by atoms with van der Waals surface area (Å²) in [5, 5.41) is 2.91. The largest absolute Gasteiger partial charge is 0.364 e. The van der Waals surface area contributed by atoms with Crippen molar-refractivity contribution in [3.05, 3.63) is 29.8 Å². The molecule has 1 aromatic carbocycles. The summed E-state index contributed by atoms with van der Waals surface area (Å²) in [6.07, 6.45) is 1.73. The molecule has 1 saturated heterocycles. The van der Waals surface area contributed by atoms with Gasteiger partial charge in [0.15, 0.2) is 5.11 Å². The first kappa shape index (κ1) is 16.7. The van der Waals surface area contributed by atoms with Gasteiger partial charge in [-0.3, -0.25) is 15.6 Å². The summed E-state index contributed by atoms with van der Waals surface area (Å²) in [6, 6.07) is 5.96. The fraction of sp³-hybridized carbons (Fsp3) is 0.385. The van der Waals surface area contributed by atoms with Crippen molar-refractivity contribution < 1.29 is 13.2 Å². The van der Waals surface area contributed by atoms with Gasteiger partial charge in [-0.1, -0.05) is 6.07 Å². The first-order valence-corrected chi connectivity index (χ1v) is 8.68. The van der Waals surface area contributed by atoms with E-state index in [-0.39, 0.29) is 15.6 Å². The lowest BCUT2D eigenvalue weighted by molar-refractivity contribution is 0.0943. The van der Waals surface area contributed by atoms with E-state index in [1.165, 1.54) is 16.4 Å². The minimum absolute atomic E-state index is 0.123. The Bertz CT molecular complexity index is 670. The first-order valence-electron chi connectivity index (χ1n) is 6.83. The number of hydrogen-bond donors (Lipinski definition) is 3. The number of nitrogens with zero attached hydrogens (tertiary/aromatic N) is 1. The Labute approximate surface area is 135 Å². The second kappa shape index (κ2) is 7.03. The lowest BCUT2D eigenvalue weighted by atomic mass is 10.2. The molecule has 0 aromatic heterocycles. The Hall–Kier alpha value is -1.71. The number of thiocarbonyl (C=S) groups is 1. The molecule has 9 heteroatoms. The molecule has 0 atom stereocenters. The van der Waals surface area contributed by atoms with Crippen LogP contribution in [0, 0.1) is 0 Å². The van der Waals surface area contributed by atoms with Crippen LogP contribution in [0.25, 0.3) is 0 Å². The van der Waals surface area contributed by atoms with Gasteiger partial charge in [0.25, 0.3) is 5.91 Å². The van der Waals surface area contributed by atoms with Crippen LogP contribution >= 0.6 is 12.2 Å². The molecular formula is C13H18N4O3S2. The van der Waals surface area contributed by atoms with E-state index in [4.69, 9.17) is 12.2 Å². The molecule has 1 aliphatic heterocycles. The lowest BCUT2D eigenvalue weighted by Crippen LogP contribution is -2.45. The Morgan fingerprint density at radius 1 is 1.23 bits per heavy atom. The van der Waals surface area contributed by atoms with Crippen LogP contribution in [-0.2, 0) is 10.0 Å². The highest BCUT2D eigenvalue weighted by molar-refractivity contribution is 7.89. The predicted molar refractivity (Wildman–Crippen MR) is 86.7 cm³/mol. The van der Waals surface area contributed by atoms with Crippen LogP contribution in [-0.4, -0.2) is 43.9 Å². The fourth-order valence-corrected chi connectivity index (χ4v) is 3.74. The van der Waals surface area contributed by atoms with Crippen molar-refractivity contribution in [1.29, 1.82) is 0 Å². The zero-order valence-corrected chi connectivity index (χ0v) is 13.8.